The lowest BCUT2D eigenvalue weighted by atomic mass is 9.78. The van der Waals surface area contributed by atoms with E-state index in [0.717, 1.165) is 5.75 Å². The van der Waals surface area contributed by atoms with Crippen molar-refractivity contribution in [2.24, 2.45) is 5.73 Å². The van der Waals surface area contributed by atoms with Gasteiger partial charge in [0.15, 0.2) is 0 Å². The van der Waals surface area contributed by atoms with Crippen LogP contribution in [0.2, 0.25) is 0 Å². The number of rotatable bonds is 0. The Morgan fingerprint density at radius 1 is 1.00 bits per heavy atom. The highest BCUT2D eigenvalue weighted by molar-refractivity contribution is 5.53. The molecule has 1 aromatic rings. The van der Waals surface area contributed by atoms with E-state index in [0.29, 0.717) is 0 Å². The summed E-state index contributed by atoms with van der Waals surface area (Å²) in [6.07, 6.45) is 0.0614. The summed E-state index contributed by atoms with van der Waals surface area (Å²) in [4.78, 5) is 0. The van der Waals surface area contributed by atoms with Crippen LogP contribution in [-0.4, -0.2) is 6.10 Å². The maximum absolute atomic E-state index is 6.29. The SMILES string of the molecule is CC1Oc2c(cc(C(C)(C)C)cc2C(C)(C)C)C1N. The second kappa shape index (κ2) is 4.24. The van der Waals surface area contributed by atoms with Crippen LogP contribution in [0.4, 0.5) is 0 Å². The molecule has 2 heteroatoms. The molecule has 0 aromatic heterocycles. The number of ether oxygens (including phenoxy) is 1. The Morgan fingerprint density at radius 2 is 1.58 bits per heavy atom. The Bertz CT molecular complexity index is 491. The standard InChI is InChI=1S/C17H27NO/c1-10-14(18)12-8-11(16(2,3)4)9-13(15(12)19-10)17(5,6)7/h8-10,14H,18H2,1-7H3. The van der Waals surface area contributed by atoms with Crippen LogP contribution < -0.4 is 10.5 Å². The highest BCUT2D eigenvalue weighted by atomic mass is 16.5. The summed E-state index contributed by atoms with van der Waals surface area (Å²) < 4.78 is 6.02. The molecule has 2 unspecified atom stereocenters. The van der Waals surface area contributed by atoms with Crippen molar-refractivity contribution in [1.82, 2.24) is 0 Å². The van der Waals surface area contributed by atoms with Gasteiger partial charge in [-0.1, -0.05) is 47.6 Å². The number of fused-ring (bicyclic) bond motifs is 1. The van der Waals surface area contributed by atoms with Crippen LogP contribution in [0.25, 0.3) is 0 Å². The molecule has 19 heavy (non-hydrogen) atoms. The van der Waals surface area contributed by atoms with E-state index in [1.165, 1.54) is 16.7 Å². The molecule has 2 N–H and O–H groups in total. The van der Waals surface area contributed by atoms with Crippen LogP contribution in [0.3, 0.4) is 0 Å². The first-order chi connectivity index (χ1) is 8.51. The van der Waals surface area contributed by atoms with E-state index >= 15 is 0 Å². The van der Waals surface area contributed by atoms with Gasteiger partial charge in [-0.2, -0.15) is 0 Å². The zero-order chi connectivity index (χ0) is 14.6. The maximum Gasteiger partial charge on any atom is 0.128 e. The van der Waals surface area contributed by atoms with Crippen molar-refractivity contribution >= 4 is 0 Å². The Labute approximate surface area is 117 Å². The molecular formula is C17H27NO. The normalized spacial score (nSPS) is 23.2. The van der Waals surface area contributed by atoms with Crippen LogP contribution in [0.15, 0.2) is 12.1 Å². The molecule has 0 fully saturated rings. The largest absolute Gasteiger partial charge is 0.488 e. The maximum atomic E-state index is 6.29. The van der Waals surface area contributed by atoms with Gasteiger partial charge in [-0.25, -0.2) is 0 Å². The number of hydrogen-bond acceptors (Lipinski definition) is 2. The van der Waals surface area contributed by atoms with Gasteiger partial charge in [-0.15, -0.1) is 0 Å². The number of hydrogen-bond donors (Lipinski definition) is 1. The molecule has 1 aliphatic heterocycles. The van der Waals surface area contributed by atoms with Crippen molar-refractivity contribution in [3.8, 4) is 5.75 Å². The third-order valence-corrected chi connectivity index (χ3v) is 3.96. The Kier molecular flexibility index (Phi) is 3.21. The minimum absolute atomic E-state index is 0.0154. The average molecular weight is 261 g/mol. The Morgan fingerprint density at radius 3 is 2.05 bits per heavy atom. The predicted octanol–water partition coefficient (Wildman–Crippen LogP) is 4.06. The van der Waals surface area contributed by atoms with Crippen molar-refractivity contribution in [1.29, 1.82) is 0 Å². The van der Waals surface area contributed by atoms with E-state index in [4.69, 9.17) is 10.5 Å². The average Bonchev–Trinajstić information content (AvgIpc) is 2.51. The zero-order valence-corrected chi connectivity index (χ0v) is 13.3. The second-order valence-corrected chi connectivity index (χ2v) is 7.79. The van der Waals surface area contributed by atoms with Gasteiger partial charge in [0.2, 0.25) is 0 Å². The van der Waals surface area contributed by atoms with Gasteiger partial charge < -0.3 is 10.5 Å². The summed E-state index contributed by atoms with van der Waals surface area (Å²) in [5, 5.41) is 0. The fraction of sp³-hybridized carbons (Fsp3) is 0.647. The van der Waals surface area contributed by atoms with Gasteiger partial charge in [-0.3, -0.25) is 0 Å². The first-order valence-electron chi connectivity index (χ1n) is 7.13. The van der Waals surface area contributed by atoms with Crippen LogP contribution in [0.1, 0.15) is 71.2 Å². The first kappa shape index (κ1) is 14.4. The molecule has 2 nitrogen and oxygen atoms in total. The molecule has 0 saturated heterocycles. The van der Waals surface area contributed by atoms with Crippen molar-refractivity contribution < 1.29 is 4.74 Å². The molecule has 0 aliphatic carbocycles. The van der Waals surface area contributed by atoms with Crippen molar-refractivity contribution in [3.05, 3.63) is 28.8 Å². The van der Waals surface area contributed by atoms with Crippen molar-refractivity contribution in [3.63, 3.8) is 0 Å². The van der Waals surface area contributed by atoms with Gasteiger partial charge in [0.1, 0.15) is 11.9 Å². The summed E-state index contributed by atoms with van der Waals surface area (Å²) in [7, 11) is 0. The molecule has 0 radical (unpaired) electrons. The summed E-state index contributed by atoms with van der Waals surface area (Å²) in [5.74, 6) is 1.01. The molecule has 1 aromatic carbocycles. The molecular weight excluding hydrogens is 234 g/mol. The highest BCUT2D eigenvalue weighted by Crippen LogP contribution is 2.45. The zero-order valence-electron chi connectivity index (χ0n) is 13.3. The van der Waals surface area contributed by atoms with Gasteiger partial charge >= 0.3 is 0 Å². The van der Waals surface area contributed by atoms with E-state index in [1.807, 2.05) is 6.92 Å². The molecule has 2 atom stereocenters. The summed E-state index contributed by atoms with van der Waals surface area (Å²) >= 11 is 0. The monoisotopic (exact) mass is 261 g/mol. The molecule has 0 amide bonds. The molecule has 0 saturated carbocycles. The third-order valence-electron chi connectivity index (χ3n) is 3.96. The minimum atomic E-state index is -0.0154. The van der Waals surface area contributed by atoms with Crippen LogP contribution in [0, 0.1) is 0 Å². The second-order valence-electron chi connectivity index (χ2n) is 7.79. The van der Waals surface area contributed by atoms with E-state index in [1.54, 1.807) is 0 Å². The Hall–Kier alpha value is -1.02. The smallest absolute Gasteiger partial charge is 0.128 e. The molecule has 0 spiro atoms. The highest BCUT2D eigenvalue weighted by Gasteiger charge is 2.35. The van der Waals surface area contributed by atoms with Crippen LogP contribution in [0.5, 0.6) is 5.75 Å². The summed E-state index contributed by atoms with van der Waals surface area (Å²) in [6, 6.07) is 4.51. The van der Waals surface area contributed by atoms with E-state index in [9.17, 15) is 0 Å². The molecule has 106 valence electrons. The lowest BCUT2D eigenvalue weighted by Crippen LogP contribution is -2.21. The van der Waals surface area contributed by atoms with Gasteiger partial charge in [0.25, 0.3) is 0 Å². The fourth-order valence-electron chi connectivity index (χ4n) is 2.53. The van der Waals surface area contributed by atoms with Gasteiger partial charge in [-0.05, 0) is 29.4 Å². The summed E-state index contributed by atoms with van der Waals surface area (Å²) in [6.45, 7) is 15.5. The fourth-order valence-corrected chi connectivity index (χ4v) is 2.53. The molecule has 1 heterocycles. The number of benzene rings is 1. The lowest BCUT2D eigenvalue weighted by molar-refractivity contribution is 0.224. The first-order valence-corrected chi connectivity index (χ1v) is 7.13. The summed E-state index contributed by atoms with van der Waals surface area (Å²) in [5.41, 5.74) is 10.3. The van der Waals surface area contributed by atoms with Crippen molar-refractivity contribution in [2.75, 3.05) is 0 Å². The lowest BCUT2D eigenvalue weighted by Gasteiger charge is -2.27. The third kappa shape index (κ3) is 2.51. The van der Waals surface area contributed by atoms with Crippen molar-refractivity contribution in [2.45, 2.75) is 71.4 Å². The topological polar surface area (TPSA) is 35.2 Å². The minimum Gasteiger partial charge on any atom is -0.488 e. The van der Waals surface area contributed by atoms with E-state index in [2.05, 4.69) is 53.7 Å². The predicted molar refractivity (Wildman–Crippen MR) is 80.9 cm³/mol. The van der Waals surface area contributed by atoms with E-state index < -0.39 is 0 Å². The van der Waals surface area contributed by atoms with Gasteiger partial charge in [0, 0.05) is 11.1 Å². The number of nitrogens with two attached hydrogens (primary N) is 1. The molecule has 0 bridgehead atoms. The van der Waals surface area contributed by atoms with Gasteiger partial charge in [0.05, 0.1) is 6.04 Å². The Balaban J connectivity index is 2.68. The van der Waals surface area contributed by atoms with E-state index in [-0.39, 0.29) is 23.0 Å². The van der Waals surface area contributed by atoms with Crippen LogP contribution in [-0.2, 0) is 10.8 Å². The molecule has 1 aliphatic rings. The molecule has 2 rings (SSSR count). The quantitative estimate of drug-likeness (QED) is 0.764. The van der Waals surface area contributed by atoms with Crippen LogP contribution >= 0.6 is 0 Å².